The lowest BCUT2D eigenvalue weighted by Crippen LogP contribution is -2.51. The zero-order chi connectivity index (χ0) is 16.7. The lowest BCUT2D eigenvalue weighted by molar-refractivity contribution is -0.135. The number of ether oxygens (including phenoxy) is 1. The van der Waals surface area contributed by atoms with Gasteiger partial charge in [-0.1, -0.05) is 20.8 Å². The molecule has 1 saturated carbocycles. The molecule has 1 aliphatic carbocycles. The molecule has 6 heteroatoms. The van der Waals surface area contributed by atoms with E-state index in [4.69, 9.17) is 4.74 Å². The second-order valence-corrected chi connectivity index (χ2v) is 8.26. The van der Waals surface area contributed by atoms with E-state index in [1.807, 2.05) is 0 Å². The van der Waals surface area contributed by atoms with Gasteiger partial charge in [0.15, 0.2) is 0 Å². The Hall–Kier alpha value is -1.14. The molecular weight excluding hydrogens is 294 g/mol. The van der Waals surface area contributed by atoms with Gasteiger partial charge >= 0.3 is 6.03 Å². The Morgan fingerprint density at radius 3 is 2.35 bits per heavy atom. The quantitative estimate of drug-likeness (QED) is 0.787. The second-order valence-electron chi connectivity index (χ2n) is 8.26. The van der Waals surface area contributed by atoms with Crippen molar-refractivity contribution in [2.24, 2.45) is 11.3 Å². The number of nitrogens with one attached hydrogen (secondary N) is 1. The van der Waals surface area contributed by atoms with Crippen molar-refractivity contribution in [3.63, 3.8) is 0 Å². The predicted molar refractivity (Wildman–Crippen MR) is 86.8 cm³/mol. The molecule has 0 aromatic carbocycles. The Bertz CT molecular complexity index is 472. The van der Waals surface area contributed by atoms with Gasteiger partial charge in [-0.05, 0) is 37.0 Å². The molecule has 0 radical (unpaired) electrons. The molecule has 0 aromatic heterocycles. The van der Waals surface area contributed by atoms with Crippen LogP contribution in [-0.4, -0.2) is 60.2 Å². The minimum atomic E-state index is -0.648. The molecule has 23 heavy (non-hydrogen) atoms. The molecule has 2 saturated heterocycles. The van der Waals surface area contributed by atoms with Crippen molar-refractivity contribution in [2.75, 3.05) is 33.0 Å². The minimum absolute atomic E-state index is 0.0265. The molecule has 0 bridgehead atoms. The van der Waals surface area contributed by atoms with Crippen LogP contribution in [0.4, 0.5) is 4.79 Å². The number of rotatable bonds is 2. The van der Waals surface area contributed by atoms with Crippen LogP contribution in [0, 0.1) is 11.3 Å². The van der Waals surface area contributed by atoms with E-state index >= 15 is 0 Å². The SMILES string of the molecule is CC(C)(C)C1CCC2(CC1)NC(=O)N(CN1CCOCC1)C2=O. The van der Waals surface area contributed by atoms with Gasteiger partial charge in [0.2, 0.25) is 0 Å². The summed E-state index contributed by atoms with van der Waals surface area (Å²) in [5.74, 6) is 0.590. The van der Waals surface area contributed by atoms with E-state index in [-0.39, 0.29) is 17.4 Å². The molecular formula is C17H29N3O3. The van der Waals surface area contributed by atoms with Crippen molar-refractivity contribution in [3.05, 3.63) is 0 Å². The average molecular weight is 323 g/mol. The van der Waals surface area contributed by atoms with Gasteiger partial charge in [-0.15, -0.1) is 0 Å². The van der Waals surface area contributed by atoms with Crippen LogP contribution in [0.3, 0.4) is 0 Å². The summed E-state index contributed by atoms with van der Waals surface area (Å²) in [5, 5.41) is 3.01. The van der Waals surface area contributed by atoms with Gasteiger partial charge in [-0.25, -0.2) is 9.69 Å². The molecule has 0 atom stereocenters. The van der Waals surface area contributed by atoms with Crippen LogP contribution >= 0.6 is 0 Å². The number of carbonyl (C=O) groups excluding carboxylic acids is 2. The number of hydrogen-bond donors (Lipinski definition) is 1. The van der Waals surface area contributed by atoms with E-state index in [2.05, 4.69) is 31.0 Å². The highest BCUT2D eigenvalue weighted by atomic mass is 16.5. The predicted octanol–water partition coefficient (Wildman–Crippen LogP) is 1.80. The first-order valence-corrected chi connectivity index (χ1v) is 8.76. The monoisotopic (exact) mass is 323 g/mol. The van der Waals surface area contributed by atoms with Crippen LogP contribution in [0.15, 0.2) is 0 Å². The number of amides is 3. The maximum absolute atomic E-state index is 12.9. The van der Waals surface area contributed by atoms with E-state index in [1.54, 1.807) is 0 Å². The van der Waals surface area contributed by atoms with E-state index in [0.29, 0.717) is 25.8 Å². The first-order valence-electron chi connectivity index (χ1n) is 8.76. The van der Waals surface area contributed by atoms with E-state index < -0.39 is 5.54 Å². The van der Waals surface area contributed by atoms with Crippen molar-refractivity contribution in [1.82, 2.24) is 15.1 Å². The third-order valence-electron chi connectivity index (χ3n) is 5.75. The van der Waals surface area contributed by atoms with Crippen molar-refractivity contribution >= 4 is 11.9 Å². The Morgan fingerprint density at radius 1 is 1.17 bits per heavy atom. The van der Waals surface area contributed by atoms with Crippen LogP contribution < -0.4 is 5.32 Å². The molecule has 1 spiro atoms. The normalized spacial score (nSPS) is 33.3. The van der Waals surface area contributed by atoms with Crippen molar-refractivity contribution in [2.45, 2.75) is 52.0 Å². The molecule has 3 fully saturated rings. The lowest BCUT2D eigenvalue weighted by atomic mass is 9.67. The summed E-state index contributed by atoms with van der Waals surface area (Å²) in [6.07, 6.45) is 3.53. The van der Waals surface area contributed by atoms with Gasteiger partial charge in [-0.2, -0.15) is 0 Å². The summed E-state index contributed by atoms with van der Waals surface area (Å²) < 4.78 is 5.33. The third kappa shape index (κ3) is 3.24. The summed E-state index contributed by atoms with van der Waals surface area (Å²) in [4.78, 5) is 28.8. The van der Waals surface area contributed by atoms with Crippen LogP contribution in [-0.2, 0) is 9.53 Å². The molecule has 3 rings (SSSR count). The first-order chi connectivity index (χ1) is 10.8. The van der Waals surface area contributed by atoms with Crippen molar-refractivity contribution < 1.29 is 14.3 Å². The van der Waals surface area contributed by atoms with E-state index in [9.17, 15) is 9.59 Å². The largest absolute Gasteiger partial charge is 0.379 e. The molecule has 3 amide bonds. The number of carbonyl (C=O) groups is 2. The second kappa shape index (κ2) is 6.06. The molecule has 0 unspecified atom stereocenters. The average Bonchev–Trinajstić information content (AvgIpc) is 2.72. The smallest absolute Gasteiger partial charge is 0.326 e. The highest BCUT2D eigenvalue weighted by Gasteiger charge is 2.53. The fraction of sp³-hybridized carbons (Fsp3) is 0.882. The molecule has 0 aromatic rings. The van der Waals surface area contributed by atoms with Crippen molar-refractivity contribution in [1.29, 1.82) is 0 Å². The van der Waals surface area contributed by atoms with E-state index in [1.165, 1.54) is 4.90 Å². The van der Waals surface area contributed by atoms with Gasteiger partial charge in [0.25, 0.3) is 5.91 Å². The number of imide groups is 1. The Balaban J connectivity index is 1.64. The standard InChI is InChI=1S/C17H29N3O3/c1-16(2,3)13-4-6-17(7-5-13)14(21)20(15(22)18-17)12-19-8-10-23-11-9-19/h13H,4-12H2,1-3H3,(H,18,22). The maximum atomic E-state index is 12.9. The Labute approximate surface area is 138 Å². The molecule has 3 aliphatic rings. The van der Waals surface area contributed by atoms with Gasteiger partial charge in [0.1, 0.15) is 5.54 Å². The summed E-state index contributed by atoms with van der Waals surface area (Å²) in [5.41, 5.74) is -0.383. The summed E-state index contributed by atoms with van der Waals surface area (Å²) in [7, 11) is 0. The highest BCUT2D eigenvalue weighted by molar-refractivity contribution is 6.07. The van der Waals surface area contributed by atoms with Crippen LogP contribution in [0.25, 0.3) is 0 Å². The topological polar surface area (TPSA) is 61.9 Å². The third-order valence-corrected chi connectivity index (χ3v) is 5.75. The number of urea groups is 1. The zero-order valence-corrected chi connectivity index (χ0v) is 14.6. The fourth-order valence-electron chi connectivity index (χ4n) is 4.06. The summed E-state index contributed by atoms with van der Waals surface area (Å²) in [6.45, 7) is 10.1. The maximum Gasteiger partial charge on any atom is 0.326 e. The van der Waals surface area contributed by atoms with E-state index in [0.717, 1.165) is 38.8 Å². The van der Waals surface area contributed by atoms with Gasteiger partial charge in [-0.3, -0.25) is 9.69 Å². The lowest BCUT2D eigenvalue weighted by Gasteiger charge is -2.40. The number of hydrogen-bond acceptors (Lipinski definition) is 4. The number of morpholine rings is 1. The zero-order valence-electron chi connectivity index (χ0n) is 14.6. The van der Waals surface area contributed by atoms with Crippen LogP contribution in [0.5, 0.6) is 0 Å². The highest BCUT2D eigenvalue weighted by Crippen LogP contribution is 2.43. The molecule has 2 heterocycles. The molecule has 1 N–H and O–H groups in total. The van der Waals surface area contributed by atoms with Crippen LogP contribution in [0.1, 0.15) is 46.5 Å². The van der Waals surface area contributed by atoms with Gasteiger partial charge in [0.05, 0.1) is 19.9 Å². The minimum Gasteiger partial charge on any atom is -0.379 e. The fourth-order valence-corrected chi connectivity index (χ4v) is 4.06. The first kappa shape index (κ1) is 16.7. The van der Waals surface area contributed by atoms with Gasteiger partial charge in [0, 0.05) is 13.1 Å². The summed E-state index contributed by atoms with van der Waals surface area (Å²) >= 11 is 0. The Morgan fingerprint density at radius 2 is 1.78 bits per heavy atom. The Kier molecular flexibility index (Phi) is 4.40. The summed E-state index contributed by atoms with van der Waals surface area (Å²) in [6, 6.07) is -0.226. The molecule has 2 aliphatic heterocycles. The molecule has 6 nitrogen and oxygen atoms in total. The van der Waals surface area contributed by atoms with Crippen molar-refractivity contribution in [3.8, 4) is 0 Å². The number of nitrogens with zero attached hydrogens (tertiary/aromatic N) is 2. The van der Waals surface area contributed by atoms with Crippen LogP contribution in [0.2, 0.25) is 0 Å². The molecule has 130 valence electrons. The van der Waals surface area contributed by atoms with Gasteiger partial charge < -0.3 is 10.1 Å².